The molecular formula is C16H22FNO4. The third kappa shape index (κ3) is 4.25. The van der Waals surface area contributed by atoms with Crippen LogP contribution < -0.4 is 0 Å². The second-order valence-electron chi connectivity index (χ2n) is 6.07. The van der Waals surface area contributed by atoms with Gasteiger partial charge in [-0.15, -0.1) is 0 Å². The Hall–Kier alpha value is -1.50. The molecule has 2 rings (SSSR count). The first-order chi connectivity index (χ1) is 10.4. The van der Waals surface area contributed by atoms with Crippen LogP contribution >= 0.6 is 0 Å². The van der Waals surface area contributed by atoms with Crippen molar-refractivity contribution < 1.29 is 24.5 Å². The highest BCUT2D eigenvalue weighted by Crippen LogP contribution is 2.17. The Morgan fingerprint density at radius 2 is 1.95 bits per heavy atom. The van der Waals surface area contributed by atoms with Gasteiger partial charge in [0.05, 0.1) is 0 Å². The molecule has 1 aliphatic heterocycles. The maximum atomic E-state index is 13.1. The normalized spacial score (nSPS) is 26.8. The number of hydrogen-bond donors (Lipinski definition) is 3. The number of halogens is 1. The van der Waals surface area contributed by atoms with Crippen molar-refractivity contribution >= 4 is 5.91 Å². The highest BCUT2D eigenvalue weighted by Gasteiger charge is 2.35. The first kappa shape index (κ1) is 16.9. The van der Waals surface area contributed by atoms with E-state index >= 15 is 0 Å². The van der Waals surface area contributed by atoms with Crippen molar-refractivity contribution in [1.29, 1.82) is 0 Å². The molecule has 1 aromatic carbocycles. The summed E-state index contributed by atoms with van der Waals surface area (Å²) >= 11 is 0. The molecule has 6 heteroatoms. The van der Waals surface area contributed by atoms with Crippen LogP contribution in [0.5, 0.6) is 0 Å². The fourth-order valence-electron chi connectivity index (χ4n) is 2.77. The summed E-state index contributed by atoms with van der Waals surface area (Å²) in [5.41, 5.74) is 0.828. The Morgan fingerprint density at radius 3 is 2.55 bits per heavy atom. The molecule has 0 radical (unpaired) electrons. The predicted octanol–water partition coefficient (Wildman–Crippen LogP) is 0.319. The van der Waals surface area contributed by atoms with Crippen molar-refractivity contribution in [3.8, 4) is 0 Å². The SMILES string of the molecule is CC(CC(=O)N1C[C@@H](O)C(O)[C@@H](O)C1)Cc1cccc(F)c1. The van der Waals surface area contributed by atoms with Gasteiger partial charge in [0, 0.05) is 19.5 Å². The molecule has 1 aromatic rings. The molecule has 1 aliphatic rings. The molecule has 0 spiro atoms. The summed E-state index contributed by atoms with van der Waals surface area (Å²) in [6.07, 6.45) is -2.66. The van der Waals surface area contributed by atoms with Crippen molar-refractivity contribution in [2.75, 3.05) is 13.1 Å². The van der Waals surface area contributed by atoms with Crippen LogP contribution in [0.15, 0.2) is 24.3 Å². The van der Waals surface area contributed by atoms with Crippen LogP contribution in [0.3, 0.4) is 0 Å². The van der Waals surface area contributed by atoms with Gasteiger partial charge in [0.2, 0.25) is 5.91 Å². The maximum absolute atomic E-state index is 13.1. The maximum Gasteiger partial charge on any atom is 0.223 e. The van der Waals surface area contributed by atoms with Crippen LogP contribution in [0.1, 0.15) is 18.9 Å². The smallest absolute Gasteiger partial charge is 0.223 e. The van der Waals surface area contributed by atoms with E-state index in [0.717, 1.165) is 5.56 Å². The second kappa shape index (κ2) is 7.17. The number of aliphatic hydroxyl groups excluding tert-OH is 3. The minimum Gasteiger partial charge on any atom is -0.388 e. The zero-order chi connectivity index (χ0) is 16.3. The zero-order valence-electron chi connectivity index (χ0n) is 12.5. The largest absolute Gasteiger partial charge is 0.388 e. The van der Waals surface area contributed by atoms with Crippen LogP contribution in [0, 0.1) is 11.7 Å². The van der Waals surface area contributed by atoms with E-state index in [4.69, 9.17) is 0 Å². The van der Waals surface area contributed by atoms with Crippen molar-refractivity contribution in [3.63, 3.8) is 0 Å². The van der Waals surface area contributed by atoms with Crippen LogP contribution in [-0.4, -0.2) is 57.5 Å². The first-order valence-corrected chi connectivity index (χ1v) is 7.43. The van der Waals surface area contributed by atoms with E-state index < -0.39 is 18.3 Å². The minimum absolute atomic E-state index is 0.00966. The third-order valence-corrected chi connectivity index (χ3v) is 3.95. The number of rotatable bonds is 4. The van der Waals surface area contributed by atoms with Gasteiger partial charge in [-0.05, 0) is 30.0 Å². The van der Waals surface area contributed by atoms with Crippen molar-refractivity contribution in [2.45, 2.75) is 38.1 Å². The minimum atomic E-state index is -1.21. The fraction of sp³-hybridized carbons (Fsp3) is 0.562. The van der Waals surface area contributed by atoms with Crippen LogP contribution in [-0.2, 0) is 11.2 Å². The lowest BCUT2D eigenvalue weighted by atomic mass is 9.96. The lowest BCUT2D eigenvalue weighted by Gasteiger charge is -2.37. The Labute approximate surface area is 129 Å². The molecule has 1 amide bonds. The summed E-state index contributed by atoms with van der Waals surface area (Å²) in [6, 6.07) is 6.28. The van der Waals surface area contributed by atoms with E-state index in [1.54, 1.807) is 6.07 Å². The van der Waals surface area contributed by atoms with Crippen molar-refractivity contribution in [3.05, 3.63) is 35.6 Å². The van der Waals surface area contributed by atoms with Gasteiger partial charge in [0.15, 0.2) is 0 Å². The number of nitrogens with zero attached hydrogens (tertiary/aromatic N) is 1. The quantitative estimate of drug-likeness (QED) is 0.748. The van der Waals surface area contributed by atoms with E-state index in [9.17, 15) is 24.5 Å². The molecule has 1 saturated heterocycles. The molecule has 0 aliphatic carbocycles. The summed E-state index contributed by atoms with van der Waals surface area (Å²) < 4.78 is 13.1. The molecule has 0 aromatic heterocycles. The Kier molecular flexibility index (Phi) is 5.50. The number of carbonyl (C=O) groups is 1. The number of likely N-dealkylation sites (tertiary alicyclic amines) is 1. The number of piperidine rings is 1. The zero-order valence-corrected chi connectivity index (χ0v) is 12.5. The average molecular weight is 311 g/mol. The van der Waals surface area contributed by atoms with E-state index in [1.165, 1.54) is 17.0 Å². The van der Waals surface area contributed by atoms with Crippen LogP contribution in [0.25, 0.3) is 0 Å². The highest BCUT2D eigenvalue weighted by molar-refractivity contribution is 5.76. The molecule has 2 unspecified atom stereocenters. The van der Waals surface area contributed by atoms with E-state index in [2.05, 4.69) is 0 Å². The van der Waals surface area contributed by atoms with Crippen molar-refractivity contribution in [2.24, 2.45) is 5.92 Å². The fourth-order valence-corrected chi connectivity index (χ4v) is 2.77. The molecule has 0 bridgehead atoms. The summed E-state index contributed by atoms with van der Waals surface area (Å²) in [5.74, 6) is -0.475. The molecule has 1 heterocycles. The Balaban J connectivity index is 1.88. The number of benzene rings is 1. The predicted molar refractivity (Wildman–Crippen MR) is 78.5 cm³/mol. The Morgan fingerprint density at radius 1 is 1.32 bits per heavy atom. The summed E-state index contributed by atoms with van der Waals surface area (Å²) in [4.78, 5) is 13.6. The molecule has 1 fully saturated rings. The second-order valence-corrected chi connectivity index (χ2v) is 6.07. The summed E-state index contributed by atoms with van der Waals surface area (Å²) in [6.45, 7) is 1.93. The lowest BCUT2D eigenvalue weighted by Crippen LogP contribution is -2.57. The van der Waals surface area contributed by atoms with E-state index in [-0.39, 0.29) is 37.2 Å². The molecule has 0 saturated carbocycles. The average Bonchev–Trinajstić information content (AvgIpc) is 2.44. The third-order valence-electron chi connectivity index (χ3n) is 3.95. The molecule has 122 valence electrons. The molecule has 4 atom stereocenters. The van der Waals surface area contributed by atoms with Gasteiger partial charge >= 0.3 is 0 Å². The molecule has 5 nitrogen and oxygen atoms in total. The van der Waals surface area contributed by atoms with Gasteiger partial charge in [-0.25, -0.2) is 4.39 Å². The number of aliphatic hydroxyl groups is 3. The van der Waals surface area contributed by atoms with Gasteiger partial charge in [-0.3, -0.25) is 4.79 Å². The monoisotopic (exact) mass is 311 g/mol. The first-order valence-electron chi connectivity index (χ1n) is 7.43. The van der Waals surface area contributed by atoms with Gasteiger partial charge in [0.1, 0.15) is 24.1 Å². The number of carbonyl (C=O) groups excluding carboxylic acids is 1. The molecular weight excluding hydrogens is 289 g/mol. The van der Waals surface area contributed by atoms with Crippen molar-refractivity contribution in [1.82, 2.24) is 4.90 Å². The molecule has 3 N–H and O–H groups in total. The topological polar surface area (TPSA) is 81.0 Å². The van der Waals surface area contributed by atoms with E-state index in [0.29, 0.717) is 6.42 Å². The lowest BCUT2D eigenvalue weighted by molar-refractivity contribution is -0.149. The summed E-state index contributed by atoms with van der Waals surface area (Å²) in [7, 11) is 0. The standard InChI is InChI=1S/C16H22FNO4/c1-10(5-11-3-2-4-12(17)7-11)6-15(21)18-8-13(19)16(22)14(20)9-18/h2-4,7,10,13-14,16,19-20,22H,5-6,8-9H2,1H3/t10?,13-,14+,16?. The van der Waals surface area contributed by atoms with E-state index in [1.807, 2.05) is 13.0 Å². The molecule has 22 heavy (non-hydrogen) atoms. The van der Waals surface area contributed by atoms with Gasteiger partial charge in [0.25, 0.3) is 0 Å². The Bertz CT molecular complexity index is 513. The van der Waals surface area contributed by atoms with Crippen LogP contribution in [0.4, 0.5) is 4.39 Å². The number of amides is 1. The van der Waals surface area contributed by atoms with Crippen LogP contribution in [0.2, 0.25) is 0 Å². The van der Waals surface area contributed by atoms with Gasteiger partial charge < -0.3 is 20.2 Å². The van der Waals surface area contributed by atoms with Gasteiger partial charge in [-0.2, -0.15) is 0 Å². The summed E-state index contributed by atoms with van der Waals surface area (Å²) in [5, 5.41) is 28.7. The number of β-amino-alcohol motifs (C(OH)–C–C–N with tert-alkyl or cyclic N) is 2. The number of hydrogen-bond acceptors (Lipinski definition) is 4. The van der Waals surface area contributed by atoms with Gasteiger partial charge in [-0.1, -0.05) is 19.1 Å². The highest BCUT2D eigenvalue weighted by atomic mass is 19.1.